The highest BCUT2D eigenvalue weighted by atomic mass is 32.2. The lowest BCUT2D eigenvalue weighted by molar-refractivity contribution is -0.137. The summed E-state index contributed by atoms with van der Waals surface area (Å²) in [6.07, 6.45) is 0. The van der Waals surface area contributed by atoms with Crippen LogP contribution in [0, 0.1) is 0 Å². The van der Waals surface area contributed by atoms with Crippen LogP contribution in [0.1, 0.15) is 17.7 Å². The smallest absolute Gasteiger partial charge is 0.315 e. The highest BCUT2D eigenvalue weighted by molar-refractivity contribution is 8.00. The molecule has 0 saturated heterocycles. The van der Waals surface area contributed by atoms with Crippen LogP contribution in [0.4, 0.5) is 0 Å². The molecule has 1 aromatic heterocycles. The minimum absolute atomic E-state index is 0.0225. The van der Waals surface area contributed by atoms with Crippen LogP contribution in [-0.4, -0.2) is 24.9 Å². The minimum atomic E-state index is -0.208. The van der Waals surface area contributed by atoms with Crippen molar-refractivity contribution in [3.8, 4) is 0 Å². The maximum Gasteiger partial charge on any atom is 0.315 e. The van der Waals surface area contributed by atoms with Crippen molar-refractivity contribution in [1.82, 2.24) is 0 Å². The van der Waals surface area contributed by atoms with Gasteiger partial charge in [-0.25, -0.2) is 0 Å². The van der Waals surface area contributed by atoms with Gasteiger partial charge in [-0.15, -0.1) is 11.8 Å². The Balaban J connectivity index is 2.56. The van der Waals surface area contributed by atoms with Gasteiger partial charge in [-0.1, -0.05) is 0 Å². The fraction of sp³-hybridized carbons (Fsp3) is 0.500. The number of hydrogen-bond donors (Lipinski definition) is 1. The summed E-state index contributed by atoms with van der Waals surface area (Å²) >= 11 is 3.17. The van der Waals surface area contributed by atoms with E-state index >= 15 is 0 Å². The highest BCUT2D eigenvalue weighted by Crippen LogP contribution is 2.32. The Hall–Kier alpha value is -0.520. The normalized spacial score (nSPS) is 14.6. The van der Waals surface area contributed by atoms with Gasteiger partial charge >= 0.3 is 5.97 Å². The monoisotopic (exact) mass is 245 g/mol. The van der Waals surface area contributed by atoms with Crippen LogP contribution in [-0.2, 0) is 9.53 Å². The third-order valence-electron chi connectivity index (χ3n) is 1.96. The molecule has 5 heteroatoms. The van der Waals surface area contributed by atoms with E-state index in [2.05, 4.69) is 10.1 Å². The summed E-state index contributed by atoms with van der Waals surface area (Å²) in [5.74, 6) is 0.138. The predicted molar refractivity (Wildman–Crippen MR) is 65.2 cm³/mol. The summed E-state index contributed by atoms with van der Waals surface area (Å²) < 4.78 is 4.60. The second-order valence-electron chi connectivity index (χ2n) is 3.22. The molecule has 1 rings (SSSR count). The van der Waals surface area contributed by atoms with Crippen LogP contribution in [0.15, 0.2) is 16.8 Å². The van der Waals surface area contributed by atoms with Crippen molar-refractivity contribution in [2.45, 2.75) is 18.2 Å². The number of esters is 1. The number of ether oxygens (including phenoxy) is 1. The Morgan fingerprint density at radius 1 is 1.73 bits per heavy atom. The van der Waals surface area contributed by atoms with E-state index in [1.54, 1.807) is 11.3 Å². The first-order valence-electron chi connectivity index (χ1n) is 4.61. The predicted octanol–water partition coefficient (Wildman–Crippen LogP) is 2.04. The van der Waals surface area contributed by atoms with E-state index in [1.165, 1.54) is 24.4 Å². The van der Waals surface area contributed by atoms with Gasteiger partial charge in [0.1, 0.15) is 0 Å². The van der Waals surface area contributed by atoms with E-state index < -0.39 is 0 Å². The molecule has 0 spiro atoms. The topological polar surface area (TPSA) is 52.3 Å². The number of thioether (sulfide) groups is 1. The Bertz CT molecular complexity index is 298. The van der Waals surface area contributed by atoms with Gasteiger partial charge in [0.25, 0.3) is 0 Å². The molecule has 84 valence electrons. The van der Waals surface area contributed by atoms with Crippen LogP contribution in [0.2, 0.25) is 0 Å². The van der Waals surface area contributed by atoms with E-state index in [1.807, 2.05) is 18.4 Å². The number of hydrogen-bond acceptors (Lipinski definition) is 5. The van der Waals surface area contributed by atoms with E-state index in [0.29, 0.717) is 5.75 Å². The van der Waals surface area contributed by atoms with Gasteiger partial charge in [0.2, 0.25) is 0 Å². The molecule has 1 heterocycles. The first kappa shape index (κ1) is 12.5. The zero-order chi connectivity index (χ0) is 11.3. The van der Waals surface area contributed by atoms with Gasteiger partial charge in [0.05, 0.1) is 12.9 Å². The molecule has 0 aliphatic heterocycles. The second-order valence-corrected chi connectivity index (χ2v) is 5.13. The molecule has 0 saturated carbocycles. The maximum atomic E-state index is 11.0. The van der Waals surface area contributed by atoms with Gasteiger partial charge in [-0.3, -0.25) is 4.79 Å². The van der Waals surface area contributed by atoms with Gasteiger partial charge in [0, 0.05) is 11.3 Å². The number of nitrogens with two attached hydrogens (primary N) is 1. The van der Waals surface area contributed by atoms with Crippen molar-refractivity contribution < 1.29 is 9.53 Å². The average Bonchev–Trinajstić information content (AvgIpc) is 2.70. The van der Waals surface area contributed by atoms with E-state index in [0.717, 1.165) is 0 Å². The molecule has 0 amide bonds. The van der Waals surface area contributed by atoms with Crippen molar-refractivity contribution in [3.63, 3.8) is 0 Å². The number of thiophene rings is 1. The molecule has 3 nitrogen and oxygen atoms in total. The van der Waals surface area contributed by atoms with Crippen molar-refractivity contribution >= 4 is 29.1 Å². The Labute approximate surface area is 98.0 Å². The fourth-order valence-corrected chi connectivity index (χ4v) is 3.06. The zero-order valence-electron chi connectivity index (χ0n) is 8.80. The SMILES string of the molecule is COC(=O)CSC(c1ccsc1)C(C)N. The molecule has 1 aromatic rings. The number of carbonyl (C=O) groups excluding carboxylic acids is 1. The fourth-order valence-electron chi connectivity index (χ4n) is 1.21. The third kappa shape index (κ3) is 3.85. The molecular formula is C10H15NO2S2. The molecule has 0 aliphatic rings. The van der Waals surface area contributed by atoms with Gasteiger partial charge < -0.3 is 10.5 Å². The van der Waals surface area contributed by atoms with E-state index in [-0.39, 0.29) is 17.3 Å². The standard InChI is InChI=1S/C10H15NO2S2/c1-7(11)10(8-3-4-14-5-8)15-6-9(12)13-2/h3-5,7,10H,6,11H2,1-2H3. The summed E-state index contributed by atoms with van der Waals surface area (Å²) in [6.45, 7) is 1.95. The number of carbonyl (C=O) groups is 1. The van der Waals surface area contributed by atoms with Crippen LogP contribution in [0.5, 0.6) is 0 Å². The van der Waals surface area contributed by atoms with Gasteiger partial charge in [-0.05, 0) is 29.3 Å². The molecule has 0 fully saturated rings. The summed E-state index contributed by atoms with van der Waals surface area (Å²) in [7, 11) is 1.40. The van der Waals surface area contributed by atoms with Gasteiger partial charge in [-0.2, -0.15) is 11.3 Å². The number of methoxy groups -OCH3 is 1. The first-order valence-corrected chi connectivity index (χ1v) is 6.60. The highest BCUT2D eigenvalue weighted by Gasteiger charge is 2.18. The van der Waals surface area contributed by atoms with Crippen LogP contribution in [0.3, 0.4) is 0 Å². The Morgan fingerprint density at radius 2 is 2.47 bits per heavy atom. The van der Waals surface area contributed by atoms with Crippen molar-refractivity contribution in [3.05, 3.63) is 22.4 Å². The lowest BCUT2D eigenvalue weighted by Crippen LogP contribution is -2.23. The van der Waals surface area contributed by atoms with E-state index in [4.69, 9.17) is 5.73 Å². The molecule has 2 unspecified atom stereocenters. The Kier molecular flexibility index (Phi) is 5.14. The third-order valence-corrected chi connectivity index (χ3v) is 4.12. The zero-order valence-corrected chi connectivity index (χ0v) is 10.4. The molecule has 0 radical (unpaired) electrons. The van der Waals surface area contributed by atoms with Gasteiger partial charge in [0.15, 0.2) is 0 Å². The van der Waals surface area contributed by atoms with Crippen LogP contribution < -0.4 is 5.73 Å². The van der Waals surface area contributed by atoms with E-state index in [9.17, 15) is 4.79 Å². The number of rotatable bonds is 5. The van der Waals surface area contributed by atoms with Crippen LogP contribution in [0.25, 0.3) is 0 Å². The largest absolute Gasteiger partial charge is 0.468 e. The molecule has 0 bridgehead atoms. The lowest BCUT2D eigenvalue weighted by Gasteiger charge is -2.18. The molecule has 2 atom stereocenters. The van der Waals surface area contributed by atoms with Crippen LogP contribution >= 0.6 is 23.1 Å². The summed E-state index contributed by atoms with van der Waals surface area (Å²) in [4.78, 5) is 11.0. The quantitative estimate of drug-likeness (QED) is 0.807. The van der Waals surface area contributed by atoms with Crippen molar-refractivity contribution in [2.75, 3.05) is 12.9 Å². The Morgan fingerprint density at radius 3 is 2.93 bits per heavy atom. The molecule has 0 aliphatic carbocycles. The molecular weight excluding hydrogens is 230 g/mol. The lowest BCUT2D eigenvalue weighted by atomic mass is 10.1. The van der Waals surface area contributed by atoms with Crippen molar-refractivity contribution in [2.24, 2.45) is 5.73 Å². The molecule has 15 heavy (non-hydrogen) atoms. The maximum absolute atomic E-state index is 11.0. The summed E-state index contributed by atoms with van der Waals surface area (Å²) in [6, 6.07) is 2.07. The summed E-state index contributed by atoms with van der Waals surface area (Å²) in [5.41, 5.74) is 7.07. The summed E-state index contributed by atoms with van der Waals surface area (Å²) in [5, 5.41) is 4.25. The second kappa shape index (κ2) is 6.15. The molecule has 0 aromatic carbocycles. The molecule has 2 N–H and O–H groups in total. The average molecular weight is 245 g/mol. The first-order chi connectivity index (χ1) is 7.15. The van der Waals surface area contributed by atoms with Crippen molar-refractivity contribution in [1.29, 1.82) is 0 Å². The minimum Gasteiger partial charge on any atom is -0.468 e.